The summed E-state index contributed by atoms with van der Waals surface area (Å²) in [5.74, 6) is -1.22. The number of carboxylic acid groups (broad SMARTS) is 1. The zero-order valence-electron chi connectivity index (χ0n) is 15.6. The molecule has 0 fully saturated rings. The smallest absolute Gasteiger partial charge is 0.334 e. The second-order valence-electron chi connectivity index (χ2n) is 6.53. The number of carbonyl (C=O) groups excluding carboxylic acids is 2. The van der Waals surface area contributed by atoms with E-state index in [4.69, 9.17) is 4.74 Å². The number of ether oxygens (including phenoxy) is 1. The van der Waals surface area contributed by atoms with E-state index in [2.05, 4.69) is 5.32 Å². The van der Waals surface area contributed by atoms with Crippen molar-refractivity contribution < 1.29 is 24.2 Å². The lowest BCUT2D eigenvalue weighted by Gasteiger charge is -2.31. The van der Waals surface area contributed by atoms with Crippen LogP contribution in [0.4, 0.5) is 5.69 Å². The Morgan fingerprint density at radius 1 is 1.14 bits per heavy atom. The third kappa shape index (κ3) is 3.69. The summed E-state index contributed by atoms with van der Waals surface area (Å²) in [6.45, 7) is 1.76. The van der Waals surface area contributed by atoms with Gasteiger partial charge in [0.1, 0.15) is 5.75 Å². The van der Waals surface area contributed by atoms with Crippen LogP contribution in [0.2, 0.25) is 0 Å². The summed E-state index contributed by atoms with van der Waals surface area (Å²) in [5.41, 5.74) is -0.397. The number of nitrogens with one attached hydrogen (secondary N) is 1. The molecule has 0 aliphatic carbocycles. The number of anilines is 1. The maximum Gasteiger partial charge on any atom is 0.334 e. The van der Waals surface area contributed by atoms with Crippen LogP contribution in [0.15, 0.2) is 54.6 Å². The molecule has 0 saturated heterocycles. The Balaban J connectivity index is 1.74. The fourth-order valence-electron chi connectivity index (χ4n) is 3.33. The van der Waals surface area contributed by atoms with Crippen molar-refractivity contribution >= 4 is 23.5 Å². The van der Waals surface area contributed by atoms with Gasteiger partial charge in [-0.25, -0.2) is 4.79 Å². The van der Waals surface area contributed by atoms with Gasteiger partial charge in [0, 0.05) is 13.0 Å². The second-order valence-corrected chi connectivity index (χ2v) is 6.53. The number of hydrogen-bond donors (Lipinski definition) is 2. The zero-order chi connectivity index (χ0) is 20.1. The Bertz CT molecular complexity index is 883. The van der Waals surface area contributed by atoms with E-state index in [0.29, 0.717) is 17.0 Å². The van der Waals surface area contributed by atoms with Gasteiger partial charge in [-0.1, -0.05) is 49.4 Å². The molecule has 0 bridgehead atoms. The Hall–Kier alpha value is -3.35. The molecule has 2 aromatic rings. The van der Waals surface area contributed by atoms with E-state index in [1.165, 1.54) is 4.90 Å². The fourth-order valence-corrected chi connectivity index (χ4v) is 3.33. The molecule has 3 rings (SSSR count). The van der Waals surface area contributed by atoms with Crippen LogP contribution in [-0.4, -0.2) is 36.0 Å². The van der Waals surface area contributed by atoms with Crippen molar-refractivity contribution in [2.75, 3.05) is 18.1 Å². The number of carbonyl (C=O) groups is 3. The van der Waals surface area contributed by atoms with E-state index >= 15 is 0 Å². The normalized spacial score (nSPS) is 15.2. The predicted octanol–water partition coefficient (Wildman–Crippen LogP) is 2.31. The van der Waals surface area contributed by atoms with Crippen molar-refractivity contribution in [1.82, 2.24) is 5.32 Å². The highest BCUT2D eigenvalue weighted by atomic mass is 16.5. The number of rotatable bonds is 7. The Labute approximate surface area is 162 Å². The van der Waals surface area contributed by atoms with Crippen LogP contribution in [0.3, 0.4) is 0 Å². The van der Waals surface area contributed by atoms with Crippen molar-refractivity contribution in [3.05, 3.63) is 60.2 Å². The third-order valence-corrected chi connectivity index (χ3v) is 4.89. The van der Waals surface area contributed by atoms with Crippen molar-refractivity contribution in [1.29, 1.82) is 0 Å². The minimum absolute atomic E-state index is 0.0259. The lowest BCUT2D eigenvalue weighted by Crippen LogP contribution is -2.52. The first kappa shape index (κ1) is 19.4. The van der Waals surface area contributed by atoms with Crippen LogP contribution >= 0.6 is 0 Å². The lowest BCUT2D eigenvalue weighted by atomic mass is 9.87. The number of nitrogens with zero attached hydrogens (tertiary/aromatic N) is 1. The van der Waals surface area contributed by atoms with E-state index in [1.807, 2.05) is 6.07 Å². The second kappa shape index (κ2) is 8.12. The summed E-state index contributed by atoms with van der Waals surface area (Å²) < 4.78 is 5.39. The van der Waals surface area contributed by atoms with Crippen LogP contribution in [0.25, 0.3) is 0 Å². The number of amides is 2. The van der Waals surface area contributed by atoms with Crippen molar-refractivity contribution in [3.63, 3.8) is 0 Å². The number of aliphatic carboxylic acids is 1. The van der Waals surface area contributed by atoms with E-state index in [1.54, 1.807) is 55.5 Å². The summed E-state index contributed by atoms with van der Waals surface area (Å²) in [6.07, 6.45) is 0.166. The maximum absolute atomic E-state index is 12.6. The van der Waals surface area contributed by atoms with Crippen LogP contribution in [0.1, 0.15) is 25.3 Å². The molecule has 1 aliphatic rings. The summed E-state index contributed by atoms with van der Waals surface area (Å²) in [6, 6.07) is 15.7. The van der Waals surface area contributed by atoms with Crippen LogP contribution < -0.4 is 15.0 Å². The average Bonchev–Trinajstić information content (AvgIpc) is 2.71. The lowest BCUT2D eigenvalue weighted by molar-refractivity contribution is -0.148. The standard InChI is InChI=1S/C21H22N2O5/c1-2-21(20(26)27,15-8-4-3-5-9-15)22-18(24)12-13-23-16-10-6-7-11-17(16)28-14-19(23)25/h3-11H,2,12-14H2,1H3,(H,22,24)(H,26,27). The van der Waals surface area contributed by atoms with Gasteiger partial charge in [-0.3, -0.25) is 9.59 Å². The van der Waals surface area contributed by atoms with Gasteiger partial charge < -0.3 is 20.1 Å². The number of carboxylic acids is 1. The van der Waals surface area contributed by atoms with Gasteiger partial charge in [0.05, 0.1) is 5.69 Å². The van der Waals surface area contributed by atoms with Gasteiger partial charge in [0.2, 0.25) is 5.91 Å². The molecule has 1 heterocycles. The zero-order valence-corrected chi connectivity index (χ0v) is 15.6. The molecule has 0 spiro atoms. The van der Waals surface area contributed by atoms with Crippen LogP contribution in [0.5, 0.6) is 5.75 Å². The molecule has 7 nitrogen and oxygen atoms in total. The first-order valence-electron chi connectivity index (χ1n) is 9.10. The predicted molar refractivity (Wildman–Crippen MR) is 103 cm³/mol. The van der Waals surface area contributed by atoms with Crippen LogP contribution in [-0.2, 0) is 19.9 Å². The van der Waals surface area contributed by atoms with E-state index in [9.17, 15) is 19.5 Å². The number of para-hydroxylation sites is 2. The van der Waals surface area contributed by atoms with Gasteiger partial charge in [0.25, 0.3) is 5.91 Å². The minimum Gasteiger partial charge on any atom is -0.482 e. The Morgan fingerprint density at radius 2 is 1.82 bits per heavy atom. The van der Waals surface area contributed by atoms with Crippen molar-refractivity contribution in [2.45, 2.75) is 25.3 Å². The largest absolute Gasteiger partial charge is 0.482 e. The topological polar surface area (TPSA) is 95.9 Å². The van der Waals surface area contributed by atoms with E-state index in [0.717, 1.165) is 0 Å². The highest BCUT2D eigenvalue weighted by molar-refractivity contribution is 5.98. The highest BCUT2D eigenvalue weighted by Gasteiger charge is 2.40. The average molecular weight is 382 g/mol. The SMILES string of the molecule is CCC(NC(=O)CCN1C(=O)COc2ccccc21)(C(=O)O)c1ccccc1. The molecule has 1 atom stereocenters. The third-order valence-electron chi connectivity index (χ3n) is 4.89. The number of benzene rings is 2. The summed E-state index contributed by atoms with van der Waals surface area (Å²) in [5, 5.41) is 12.5. The Kier molecular flexibility index (Phi) is 5.63. The van der Waals surface area contributed by atoms with Crippen LogP contribution in [0, 0.1) is 0 Å². The molecule has 2 amide bonds. The molecule has 2 aromatic carbocycles. The molecular weight excluding hydrogens is 360 g/mol. The number of fused-ring (bicyclic) bond motifs is 1. The van der Waals surface area contributed by atoms with Crippen molar-refractivity contribution in [2.24, 2.45) is 0 Å². The summed E-state index contributed by atoms with van der Waals surface area (Å²) in [7, 11) is 0. The minimum atomic E-state index is -1.51. The monoisotopic (exact) mass is 382 g/mol. The van der Waals surface area contributed by atoms with Gasteiger partial charge in [-0.05, 0) is 24.1 Å². The molecular formula is C21H22N2O5. The fraction of sp³-hybridized carbons (Fsp3) is 0.286. The van der Waals surface area contributed by atoms with Gasteiger partial charge in [-0.15, -0.1) is 0 Å². The number of hydrogen-bond acceptors (Lipinski definition) is 4. The molecule has 0 saturated carbocycles. The first-order valence-corrected chi connectivity index (χ1v) is 9.10. The molecule has 1 unspecified atom stereocenters. The highest BCUT2D eigenvalue weighted by Crippen LogP contribution is 2.31. The first-order chi connectivity index (χ1) is 13.5. The van der Waals surface area contributed by atoms with E-state index < -0.39 is 17.4 Å². The molecule has 28 heavy (non-hydrogen) atoms. The van der Waals surface area contributed by atoms with Gasteiger partial charge >= 0.3 is 5.97 Å². The quantitative estimate of drug-likeness (QED) is 0.766. The molecule has 146 valence electrons. The summed E-state index contributed by atoms with van der Waals surface area (Å²) >= 11 is 0. The molecule has 2 N–H and O–H groups in total. The molecule has 7 heteroatoms. The van der Waals surface area contributed by atoms with E-state index in [-0.39, 0.29) is 31.9 Å². The molecule has 0 aromatic heterocycles. The molecule has 0 radical (unpaired) electrons. The van der Waals surface area contributed by atoms with Gasteiger partial charge in [0.15, 0.2) is 12.1 Å². The molecule has 1 aliphatic heterocycles. The summed E-state index contributed by atoms with van der Waals surface area (Å²) in [4.78, 5) is 38.3. The van der Waals surface area contributed by atoms with Crippen molar-refractivity contribution in [3.8, 4) is 5.75 Å². The maximum atomic E-state index is 12.6. The Morgan fingerprint density at radius 3 is 2.50 bits per heavy atom. The van der Waals surface area contributed by atoms with Gasteiger partial charge in [-0.2, -0.15) is 0 Å².